The van der Waals surface area contributed by atoms with Crippen LogP contribution in [0.3, 0.4) is 0 Å². The summed E-state index contributed by atoms with van der Waals surface area (Å²) in [7, 11) is 0. The predicted octanol–water partition coefficient (Wildman–Crippen LogP) is 2.68. The predicted molar refractivity (Wildman–Crippen MR) is 106 cm³/mol. The molecule has 1 aromatic heterocycles. The van der Waals surface area contributed by atoms with E-state index in [1.807, 2.05) is 17.0 Å². The van der Waals surface area contributed by atoms with Crippen molar-refractivity contribution in [3.63, 3.8) is 0 Å². The maximum absolute atomic E-state index is 13.0. The number of benzene rings is 1. The lowest BCUT2D eigenvalue weighted by Gasteiger charge is -2.40. The Labute approximate surface area is 164 Å². The zero-order chi connectivity index (χ0) is 19.7. The lowest BCUT2D eigenvalue weighted by Crippen LogP contribution is -2.44. The number of nitrogens with zero attached hydrogens (tertiary/aromatic N) is 3. The molecule has 2 fully saturated rings. The van der Waals surface area contributed by atoms with Gasteiger partial charge in [0.25, 0.3) is 0 Å². The van der Waals surface area contributed by atoms with E-state index < -0.39 is 5.91 Å². The van der Waals surface area contributed by atoms with Crippen molar-refractivity contribution in [1.82, 2.24) is 14.9 Å². The third-order valence-corrected chi connectivity index (χ3v) is 5.87. The van der Waals surface area contributed by atoms with Crippen molar-refractivity contribution < 1.29 is 9.59 Å². The number of nitrogen functional groups attached to an aromatic ring is 1. The van der Waals surface area contributed by atoms with Crippen LogP contribution >= 0.6 is 0 Å². The summed E-state index contributed by atoms with van der Waals surface area (Å²) >= 11 is 0. The number of nitrogens with two attached hydrogens (primary N) is 2. The average molecular weight is 379 g/mol. The van der Waals surface area contributed by atoms with Crippen LogP contribution in [-0.4, -0.2) is 33.2 Å². The molecular formula is C21H25N5O2. The molecule has 0 radical (unpaired) electrons. The summed E-state index contributed by atoms with van der Waals surface area (Å²) in [6.07, 6.45) is 7.72. The fourth-order valence-electron chi connectivity index (χ4n) is 4.07. The van der Waals surface area contributed by atoms with Crippen LogP contribution in [0.5, 0.6) is 0 Å². The number of aromatic nitrogens is 2. The fourth-order valence-corrected chi connectivity index (χ4v) is 4.07. The Bertz CT molecular complexity index is 892. The van der Waals surface area contributed by atoms with Gasteiger partial charge in [0.05, 0.1) is 11.7 Å². The largest absolute Gasteiger partial charge is 0.368 e. The van der Waals surface area contributed by atoms with E-state index in [9.17, 15) is 9.59 Å². The van der Waals surface area contributed by atoms with E-state index in [0.29, 0.717) is 5.56 Å². The van der Waals surface area contributed by atoms with E-state index >= 15 is 0 Å². The Kier molecular flexibility index (Phi) is 4.98. The molecule has 2 heterocycles. The zero-order valence-electron chi connectivity index (χ0n) is 15.8. The highest BCUT2D eigenvalue weighted by molar-refractivity contribution is 5.93. The first-order valence-electron chi connectivity index (χ1n) is 9.87. The number of carbonyl (C=O) groups excluding carboxylic acids is 2. The van der Waals surface area contributed by atoms with Crippen molar-refractivity contribution in [3.8, 4) is 11.1 Å². The maximum atomic E-state index is 13.0. The number of likely N-dealkylation sites (tertiary alicyclic amines) is 1. The first-order chi connectivity index (χ1) is 13.5. The van der Waals surface area contributed by atoms with Crippen molar-refractivity contribution in [2.75, 3.05) is 12.3 Å². The summed E-state index contributed by atoms with van der Waals surface area (Å²) in [5.41, 5.74) is 14.2. The molecule has 4 rings (SSSR count). The number of rotatable bonds is 4. The quantitative estimate of drug-likeness (QED) is 0.847. The SMILES string of the molecule is NC(=O)c1ccc(-c2cnc(N)nc2[C@@H]2CCCCN2C(=O)C2CCC2)cc1. The van der Waals surface area contributed by atoms with Crippen LogP contribution < -0.4 is 11.5 Å². The minimum absolute atomic E-state index is 0.0991. The van der Waals surface area contributed by atoms with Crippen LogP contribution in [0.1, 0.15) is 60.6 Å². The maximum Gasteiger partial charge on any atom is 0.248 e. The fraction of sp³-hybridized carbons (Fsp3) is 0.429. The minimum atomic E-state index is -0.468. The van der Waals surface area contributed by atoms with E-state index in [2.05, 4.69) is 9.97 Å². The number of anilines is 1. The monoisotopic (exact) mass is 379 g/mol. The van der Waals surface area contributed by atoms with Gasteiger partial charge in [-0.05, 0) is 49.8 Å². The van der Waals surface area contributed by atoms with Gasteiger partial charge in [0, 0.05) is 29.8 Å². The van der Waals surface area contributed by atoms with E-state index in [4.69, 9.17) is 11.5 Å². The smallest absolute Gasteiger partial charge is 0.248 e. The van der Waals surface area contributed by atoms with Gasteiger partial charge >= 0.3 is 0 Å². The second kappa shape index (κ2) is 7.58. The molecule has 2 aromatic rings. The molecule has 0 bridgehead atoms. The number of piperidine rings is 1. The van der Waals surface area contributed by atoms with Gasteiger partial charge in [-0.2, -0.15) is 0 Å². The van der Waals surface area contributed by atoms with Gasteiger partial charge in [0.15, 0.2) is 0 Å². The molecule has 7 nitrogen and oxygen atoms in total. The Hall–Kier alpha value is -2.96. The van der Waals surface area contributed by atoms with Crippen molar-refractivity contribution in [1.29, 1.82) is 0 Å². The van der Waals surface area contributed by atoms with Crippen LogP contribution in [0.25, 0.3) is 11.1 Å². The number of hydrogen-bond donors (Lipinski definition) is 2. The van der Waals surface area contributed by atoms with Gasteiger partial charge in [-0.1, -0.05) is 18.6 Å². The lowest BCUT2D eigenvalue weighted by atomic mass is 9.83. The number of carbonyl (C=O) groups is 2. The van der Waals surface area contributed by atoms with E-state index in [1.54, 1.807) is 18.3 Å². The third-order valence-electron chi connectivity index (χ3n) is 5.87. The molecule has 0 unspecified atom stereocenters. The highest BCUT2D eigenvalue weighted by Crippen LogP contribution is 2.39. The van der Waals surface area contributed by atoms with Crippen LogP contribution in [-0.2, 0) is 4.79 Å². The molecule has 1 aliphatic heterocycles. The molecule has 1 saturated carbocycles. The number of hydrogen-bond acceptors (Lipinski definition) is 5. The molecule has 0 spiro atoms. The summed E-state index contributed by atoms with van der Waals surface area (Å²) in [6, 6.07) is 6.95. The number of amides is 2. The first kappa shape index (κ1) is 18.4. The normalized spacial score (nSPS) is 19.9. The second-order valence-corrected chi connectivity index (χ2v) is 7.64. The average Bonchev–Trinajstić information content (AvgIpc) is 2.66. The van der Waals surface area contributed by atoms with Crippen LogP contribution in [0.4, 0.5) is 5.95 Å². The lowest BCUT2D eigenvalue weighted by molar-refractivity contribution is -0.142. The van der Waals surface area contributed by atoms with Crippen LogP contribution in [0, 0.1) is 5.92 Å². The van der Waals surface area contributed by atoms with Gasteiger partial charge in [-0.3, -0.25) is 9.59 Å². The van der Waals surface area contributed by atoms with E-state index in [0.717, 1.165) is 61.9 Å². The molecule has 2 aliphatic rings. The molecule has 1 atom stereocenters. The highest BCUT2D eigenvalue weighted by atomic mass is 16.2. The summed E-state index contributed by atoms with van der Waals surface area (Å²) < 4.78 is 0. The zero-order valence-corrected chi connectivity index (χ0v) is 15.8. The number of primary amides is 1. The molecular weight excluding hydrogens is 354 g/mol. The molecule has 4 N–H and O–H groups in total. The molecule has 7 heteroatoms. The summed E-state index contributed by atoms with van der Waals surface area (Å²) in [4.78, 5) is 35.1. The van der Waals surface area contributed by atoms with Gasteiger partial charge in [0.2, 0.25) is 17.8 Å². The van der Waals surface area contributed by atoms with Crippen LogP contribution in [0.15, 0.2) is 30.5 Å². The van der Waals surface area contributed by atoms with E-state index in [-0.39, 0.29) is 23.8 Å². The van der Waals surface area contributed by atoms with Gasteiger partial charge < -0.3 is 16.4 Å². The first-order valence-corrected chi connectivity index (χ1v) is 9.87. The van der Waals surface area contributed by atoms with Crippen LogP contribution in [0.2, 0.25) is 0 Å². The third kappa shape index (κ3) is 3.44. The van der Waals surface area contributed by atoms with Gasteiger partial charge in [-0.25, -0.2) is 9.97 Å². The van der Waals surface area contributed by atoms with Crippen molar-refractivity contribution in [2.24, 2.45) is 11.7 Å². The molecule has 146 valence electrons. The van der Waals surface area contributed by atoms with Gasteiger partial charge in [-0.15, -0.1) is 0 Å². The molecule has 2 amide bonds. The molecule has 1 aliphatic carbocycles. The van der Waals surface area contributed by atoms with E-state index in [1.165, 1.54) is 0 Å². The summed E-state index contributed by atoms with van der Waals surface area (Å²) in [6.45, 7) is 0.754. The topological polar surface area (TPSA) is 115 Å². The Morgan fingerprint density at radius 3 is 2.43 bits per heavy atom. The Morgan fingerprint density at radius 1 is 1.04 bits per heavy atom. The summed E-state index contributed by atoms with van der Waals surface area (Å²) in [5, 5.41) is 0. The Balaban J connectivity index is 1.72. The standard InChI is InChI=1S/C21H25N5O2/c22-19(27)14-9-7-13(8-10-14)16-12-24-21(23)25-18(16)17-6-1-2-11-26(17)20(28)15-4-3-5-15/h7-10,12,15,17H,1-6,11H2,(H2,22,27)(H2,23,24,25)/t17-/m0/s1. The Morgan fingerprint density at radius 2 is 1.79 bits per heavy atom. The van der Waals surface area contributed by atoms with Gasteiger partial charge in [0.1, 0.15) is 0 Å². The van der Waals surface area contributed by atoms with Crippen molar-refractivity contribution in [3.05, 3.63) is 41.7 Å². The highest BCUT2D eigenvalue weighted by Gasteiger charge is 2.36. The molecule has 28 heavy (non-hydrogen) atoms. The second-order valence-electron chi connectivity index (χ2n) is 7.64. The molecule has 1 saturated heterocycles. The molecule has 1 aromatic carbocycles. The van der Waals surface area contributed by atoms with Crippen molar-refractivity contribution >= 4 is 17.8 Å². The summed E-state index contributed by atoms with van der Waals surface area (Å²) in [5.74, 6) is 0.125. The minimum Gasteiger partial charge on any atom is -0.368 e. The van der Waals surface area contributed by atoms with Crippen molar-refractivity contribution in [2.45, 2.75) is 44.6 Å².